The normalized spacial score (nSPS) is 11.5. The number of aromatic nitrogens is 4. The van der Waals surface area contributed by atoms with Crippen molar-refractivity contribution in [3.8, 4) is 10.6 Å². The molecule has 0 aliphatic heterocycles. The molecule has 0 aliphatic rings. The summed E-state index contributed by atoms with van der Waals surface area (Å²) >= 11 is 1.67. The van der Waals surface area contributed by atoms with Gasteiger partial charge in [-0.05, 0) is 30.5 Å². The van der Waals surface area contributed by atoms with Crippen molar-refractivity contribution < 1.29 is 0 Å². The molecule has 0 bridgehead atoms. The predicted octanol–water partition coefficient (Wildman–Crippen LogP) is 3.55. The van der Waals surface area contributed by atoms with Crippen LogP contribution >= 0.6 is 11.3 Å². The van der Waals surface area contributed by atoms with E-state index in [2.05, 4.69) is 26.7 Å². The van der Waals surface area contributed by atoms with Crippen LogP contribution in [-0.2, 0) is 7.05 Å². The Balaban J connectivity index is 2.00. The number of imidazole rings is 1. The number of hydrogen-bond acceptors (Lipinski definition) is 4. The molecule has 0 amide bonds. The Labute approximate surface area is 119 Å². The van der Waals surface area contributed by atoms with Gasteiger partial charge >= 0.3 is 0 Å². The number of aryl methyl sites for hydroxylation is 2. The summed E-state index contributed by atoms with van der Waals surface area (Å²) in [4.78, 5) is 14.9. The second-order valence-electron chi connectivity index (χ2n) is 4.78. The van der Waals surface area contributed by atoms with Gasteiger partial charge in [-0.15, -0.1) is 11.3 Å². The van der Waals surface area contributed by atoms with Crippen molar-refractivity contribution in [3.63, 3.8) is 0 Å². The maximum absolute atomic E-state index is 4.71. The first kappa shape index (κ1) is 11.5. The largest absolute Gasteiger partial charge is 0.331 e. The monoisotopic (exact) mass is 280 g/mol. The van der Waals surface area contributed by atoms with Crippen molar-refractivity contribution >= 4 is 33.4 Å². The molecule has 4 aromatic rings. The first-order chi connectivity index (χ1) is 9.72. The summed E-state index contributed by atoms with van der Waals surface area (Å²) in [5.74, 6) is 0.994. The summed E-state index contributed by atoms with van der Waals surface area (Å²) in [5, 5.41) is 2.05. The van der Waals surface area contributed by atoms with Crippen molar-refractivity contribution in [2.45, 2.75) is 6.92 Å². The molecule has 4 rings (SSSR count). The van der Waals surface area contributed by atoms with Gasteiger partial charge < -0.3 is 4.57 Å². The van der Waals surface area contributed by atoms with Crippen LogP contribution in [0, 0.1) is 6.92 Å². The first-order valence-electron chi connectivity index (χ1n) is 6.36. The van der Waals surface area contributed by atoms with Gasteiger partial charge in [0.25, 0.3) is 0 Å². The maximum Gasteiger partial charge on any atom is 0.106 e. The highest BCUT2D eigenvalue weighted by Crippen LogP contribution is 2.26. The Morgan fingerprint density at radius 1 is 1.10 bits per heavy atom. The highest BCUT2D eigenvalue weighted by atomic mass is 32.1. The Morgan fingerprint density at radius 2 is 2.00 bits per heavy atom. The fraction of sp³-hybridized carbons (Fsp3) is 0.133. The zero-order valence-electron chi connectivity index (χ0n) is 11.2. The summed E-state index contributed by atoms with van der Waals surface area (Å²) in [6.45, 7) is 2.00. The lowest BCUT2D eigenvalue weighted by Gasteiger charge is -2.01. The topological polar surface area (TPSA) is 43.6 Å². The summed E-state index contributed by atoms with van der Waals surface area (Å²) in [5.41, 5.74) is 4.77. The molecule has 0 saturated carbocycles. The molecule has 0 unspecified atom stereocenters. The average Bonchev–Trinajstić information content (AvgIpc) is 3.07. The van der Waals surface area contributed by atoms with Gasteiger partial charge in [-0.3, -0.25) is 4.98 Å². The van der Waals surface area contributed by atoms with Gasteiger partial charge in [0.05, 0.1) is 38.8 Å². The molecular weight excluding hydrogens is 268 g/mol. The minimum absolute atomic E-state index is 0.890. The van der Waals surface area contributed by atoms with E-state index in [1.54, 1.807) is 11.3 Å². The van der Waals surface area contributed by atoms with Gasteiger partial charge in [0.2, 0.25) is 0 Å². The van der Waals surface area contributed by atoms with Crippen molar-refractivity contribution in [2.24, 2.45) is 7.05 Å². The maximum atomic E-state index is 4.71. The van der Waals surface area contributed by atoms with Crippen LogP contribution in [0.5, 0.6) is 0 Å². The molecule has 0 N–H and O–H groups in total. The van der Waals surface area contributed by atoms with E-state index < -0.39 is 0 Å². The number of benzene rings is 1. The summed E-state index contributed by atoms with van der Waals surface area (Å²) < 4.78 is 2.07. The standard InChI is InChI=1S/C15H12N4S/c1-9-17-12-6-11-10(7-14(12)19(9)2)16-8-13(18-11)15-4-3-5-20-15/h3-8H,1-2H3. The lowest BCUT2D eigenvalue weighted by Crippen LogP contribution is -1.91. The van der Waals surface area contributed by atoms with Crippen molar-refractivity contribution in [1.82, 2.24) is 19.5 Å². The minimum Gasteiger partial charge on any atom is -0.331 e. The Morgan fingerprint density at radius 3 is 2.80 bits per heavy atom. The van der Waals surface area contributed by atoms with E-state index >= 15 is 0 Å². The van der Waals surface area contributed by atoms with Crippen molar-refractivity contribution in [2.75, 3.05) is 0 Å². The number of hydrogen-bond donors (Lipinski definition) is 0. The smallest absolute Gasteiger partial charge is 0.106 e. The molecule has 3 aromatic heterocycles. The summed E-state index contributed by atoms with van der Waals surface area (Å²) in [7, 11) is 2.02. The molecule has 98 valence electrons. The third kappa shape index (κ3) is 1.63. The van der Waals surface area contributed by atoms with E-state index in [-0.39, 0.29) is 0 Å². The third-order valence-corrected chi connectivity index (χ3v) is 4.43. The first-order valence-corrected chi connectivity index (χ1v) is 7.24. The minimum atomic E-state index is 0.890. The van der Waals surface area contributed by atoms with Crippen LogP contribution in [0.2, 0.25) is 0 Å². The lowest BCUT2D eigenvalue weighted by molar-refractivity contribution is 0.886. The second kappa shape index (κ2) is 4.11. The van der Waals surface area contributed by atoms with Crippen LogP contribution in [-0.4, -0.2) is 19.5 Å². The fourth-order valence-electron chi connectivity index (χ4n) is 2.36. The molecule has 20 heavy (non-hydrogen) atoms. The van der Waals surface area contributed by atoms with Crippen LogP contribution in [0.15, 0.2) is 35.8 Å². The quantitative estimate of drug-likeness (QED) is 0.535. The molecule has 0 atom stereocenters. The van der Waals surface area contributed by atoms with E-state index in [4.69, 9.17) is 4.98 Å². The Bertz CT molecular complexity index is 922. The van der Waals surface area contributed by atoms with E-state index in [9.17, 15) is 0 Å². The fourth-order valence-corrected chi connectivity index (χ4v) is 3.04. The van der Waals surface area contributed by atoms with E-state index in [0.29, 0.717) is 0 Å². The van der Waals surface area contributed by atoms with Gasteiger partial charge in [0, 0.05) is 7.05 Å². The SMILES string of the molecule is Cc1nc2cc3nc(-c4cccs4)cnc3cc2n1C. The number of rotatable bonds is 1. The third-order valence-electron chi connectivity index (χ3n) is 3.54. The van der Waals surface area contributed by atoms with Gasteiger partial charge in [-0.1, -0.05) is 6.07 Å². The summed E-state index contributed by atoms with van der Waals surface area (Å²) in [6, 6.07) is 8.15. The van der Waals surface area contributed by atoms with Gasteiger partial charge in [-0.25, -0.2) is 9.97 Å². The molecular formula is C15H12N4S. The zero-order chi connectivity index (χ0) is 13.7. The number of thiophene rings is 1. The van der Waals surface area contributed by atoms with Gasteiger partial charge in [0.15, 0.2) is 0 Å². The van der Waals surface area contributed by atoms with Crippen LogP contribution in [0.1, 0.15) is 5.82 Å². The molecule has 5 heteroatoms. The molecule has 0 aliphatic carbocycles. The molecule has 0 radical (unpaired) electrons. The van der Waals surface area contributed by atoms with E-state index in [1.165, 1.54) is 0 Å². The zero-order valence-corrected chi connectivity index (χ0v) is 12.0. The molecule has 0 spiro atoms. The van der Waals surface area contributed by atoms with Gasteiger partial charge in [0.1, 0.15) is 5.82 Å². The van der Waals surface area contributed by atoms with Crippen LogP contribution in [0.4, 0.5) is 0 Å². The van der Waals surface area contributed by atoms with E-state index in [0.717, 1.165) is 38.5 Å². The molecule has 0 saturated heterocycles. The molecule has 0 fully saturated rings. The molecule has 1 aromatic carbocycles. The van der Waals surface area contributed by atoms with E-state index in [1.807, 2.05) is 37.7 Å². The second-order valence-corrected chi connectivity index (χ2v) is 5.73. The van der Waals surface area contributed by atoms with Crippen molar-refractivity contribution in [3.05, 3.63) is 41.7 Å². The Hall–Kier alpha value is -2.27. The van der Waals surface area contributed by atoms with Crippen LogP contribution in [0.25, 0.3) is 32.6 Å². The van der Waals surface area contributed by atoms with Gasteiger partial charge in [-0.2, -0.15) is 0 Å². The molecule has 4 nitrogen and oxygen atoms in total. The predicted molar refractivity (Wildman–Crippen MR) is 81.9 cm³/mol. The highest BCUT2D eigenvalue weighted by molar-refractivity contribution is 7.13. The van der Waals surface area contributed by atoms with Crippen LogP contribution in [0.3, 0.4) is 0 Å². The number of nitrogens with zero attached hydrogens (tertiary/aromatic N) is 4. The molecule has 3 heterocycles. The highest BCUT2D eigenvalue weighted by Gasteiger charge is 2.09. The summed E-state index contributed by atoms with van der Waals surface area (Å²) in [6.07, 6.45) is 1.84. The Kier molecular flexibility index (Phi) is 2.37. The van der Waals surface area contributed by atoms with Crippen molar-refractivity contribution in [1.29, 1.82) is 0 Å². The van der Waals surface area contributed by atoms with Crippen LogP contribution < -0.4 is 0 Å². The average molecular weight is 280 g/mol. The number of fused-ring (bicyclic) bond motifs is 2. The lowest BCUT2D eigenvalue weighted by atomic mass is 10.2.